The number of nitrogens with zero attached hydrogens (tertiary/aromatic N) is 2. The van der Waals surface area contributed by atoms with Crippen LogP contribution in [0.5, 0.6) is 0 Å². The standard InChI is InChI=1S/C24H25FN4/c1-3-27-29(4-2)18-17-26-24-21(19-11-7-5-8-12-19)15-16-22(23(24)25)28-20-13-9-6-10-14-20/h3-16,26,28H,2,17-18H2,1H3/b27-3-. The van der Waals surface area contributed by atoms with Crippen LogP contribution in [0.3, 0.4) is 0 Å². The van der Waals surface area contributed by atoms with Gasteiger partial charge in [0.15, 0.2) is 5.82 Å². The molecular weight excluding hydrogens is 363 g/mol. The predicted molar refractivity (Wildman–Crippen MR) is 121 cm³/mol. The molecule has 0 unspecified atom stereocenters. The molecule has 29 heavy (non-hydrogen) atoms. The third kappa shape index (κ3) is 5.23. The van der Waals surface area contributed by atoms with E-state index in [0.29, 0.717) is 24.5 Å². The zero-order valence-electron chi connectivity index (χ0n) is 16.5. The fraction of sp³-hybridized carbons (Fsp3) is 0.125. The molecule has 0 aliphatic heterocycles. The second kappa shape index (κ2) is 10.1. The molecule has 0 saturated carbocycles. The van der Waals surface area contributed by atoms with Crippen molar-refractivity contribution < 1.29 is 4.39 Å². The summed E-state index contributed by atoms with van der Waals surface area (Å²) in [7, 11) is 0. The average molecular weight is 388 g/mol. The summed E-state index contributed by atoms with van der Waals surface area (Å²) in [6.07, 6.45) is 3.34. The molecule has 0 aromatic heterocycles. The molecule has 2 N–H and O–H groups in total. The molecule has 0 fully saturated rings. The van der Waals surface area contributed by atoms with E-state index in [0.717, 1.165) is 16.8 Å². The van der Waals surface area contributed by atoms with Crippen molar-refractivity contribution in [1.29, 1.82) is 0 Å². The van der Waals surface area contributed by atoms with Crippen molar-refractivity contribution in [2.45, 2.75) is 6.92 Å². The fourth-order valence-corrected chi connectivity index (χ4v) is 3.02. The third-order valence-electron chi connectivity index (χ3n) is 4.40. The Hall–Kier alpha value is -3.60. The zero-order valence-corrected chi connectivity index (χ0v) is 16.5. The minimum Gasteiger partial charge on any atom is -0.380 e. The first-order valence-corrected chi connectivity index (χ1v) is 9.54. The minimum absolute atomic E-state index is 0.320. The van der Waals surface area contributed by atoms with Crippen LogP contribution >= 0.6 is 0 Å². The van der Waals surface area contributed by atoms with Gasteiger partial charge in [-0.05, 0) is 30.7 Å². The van der Waals surface area contributed by atoms with E-state index in [4.69, 9.17) is 0 Å². The SMILES string of the molecule is C=CN(CCNc1c(-c2ccccc2)ccc(Nc2ccccc2)c1F)/N=C\C. The van der Waals surface area contributed by atoms with E-state index < -0.39 is 0 Å². The average Bonchev–Trinajstić information content (AvgIpc) is 2.77. The lowest BCUT2D eigenvalue weighted by Gasteiger charge is -2.19. The van der Waals surface area contributed by atoms with Gasteiger partial charge in [-0.2, -0.15) is 5.10 Å². The van der Waals surface area contributed by atoms with Crippen molar-refractivity contribution in [2.24, 2.45) is 5.10 Å². The molecule has 0 saturated heterocycles. The molecule has 0 bridgehead atoms. The highest BCUT2D eigenvalue weighted by atomic mass is 19.1. The van der Waals surface area contributed by atoms with Crippen molar-refractivity contribution >= 4 is 23.3 Å². The lowest BCUT2D eigenvalue weighted by molar-refractivity contribution is 0.417. The van der Waals surface area contributed by atoms with Gasteiger partial charge < -0.3 is 10.6 Å². The van der Waals surface area contributed by atoms with E-state index >= 15 is 4.39 Å². The van der Waals surface area contributed by atoms with Crippen LogP contribution in [-0.2, 0) is 0 Å². The number of hydrazone groups is 1. The van der Waals surface area contributed by atoms with Crippen molar-refractivity contribution in [2.75, 3.05) is 23.7 Å². The summed E-state index contributed by atoms with van der Waals surface area (Å²) in [5, 5.41) is 12.3. The molecule has 0 heterocycles. The first-order chi connectivity index (χ1) is 14.2. The first-order valence-electron chi connectivity index (χ1n) is 9.54. The van der Waals surface area contributed by atoms with Crippen LogP contribution in [0.2, 0.25) is 0 Å². The number of halogens is 1. The third-order valence-corrected chi connectivity index (χ3v) is 4.40. The summed E-state index contributed by atoms with van der Waals surface area (Å²) in [6.45, 7) is 6.67. The van der Waals surface area contributed by atoms with Crippen LogP contribution in [-0.4, -0.2) is 24.3 Å². The Balaban J connectivity index is 1.90. The summed E-state index contributed by atoms with van der Waals surface area (Å²) in [5.41, 5.74) is 3.48. The van der Waals surface area contributed by atoms with E-state index in [1.807, 2.05) is 73.7 Å². The quantitative estimate of drug-likeness (QED) is 0.344. The van der Waals surface area contributed by atoms with Crippen molar-refractivity contribution in [3.8, 4) is 11.1 Å². The second-order valence-corrected chi connectivity index (χ2v) is 6.35. The maximum atomic E-state index is 15.5. The molecule has 4 nitrogen and oxygen atoms in total. The summed E-state index contributed by atoms with van der Waals surface area (Å²) < 4.78 is 15.5. The Morgan fingerprint density at radius 1 is 1.00 bits per heavy atom. The van der Waals surface area contributed by atoms with Gasteiger partial charge in [0, 0.05) is 30.2 Å². The normalized spacial score (nSPS) is 10.7. The smallest absolute Gasteiger partial charge is 0.170 e. The molecule has 5 heteroatoms. The Labute approximate surface area is 171 Å². The van der Waals surface area contributed by atoms with E-state index in [2.05, 4.69) is 22.3 Å². The summed E-state index contributed by atoms with van der Waals surface area (Å²) >= 11 is 0. The highest BCUT2D eigenvalue weighted by molar-refractivity contribution is 5.82. The molecule has 0 radical (unpaired) electrons. The van der Waals surface area contributed by atoms with Crippen molar-refractivity contribution in [3.05, 3.63) is 91.4 Å². The van der Waals surface area contributed by atoms with Crippen molar-refractivity contribution in [1.82, 2.24) is 5.01 Å². The number of nitrogens with one attached hydrogen (secondary N) is 2. The van der Waals surface area contributed by atoms with Crippen molar-refractivity contribution in [3.63, 3.8) is 0 Å². The first kappa shape index (κ1) is 20.1. The molecule has 0 atom stereocenters. The number of hydrogen-bond donors (Lipinski definition) is 2. The summed E-state index contributed by atoms with van der Waals surface area (Å²) in [6, 6.07) is 23.1. The number of anilines is 3. The highest BCUT2D eigenvalue weighted by Gasteiger charge is 2.15. The monoisotopic (exact) mass is 388 g/mol. The maximum Gasteiger partial charge on any atom is 0.170 e. The molecule has 148 valence electrons. The van der Waals surface area contributed by atoms with E-state index in [9.17, 15) is 0 Å². The molecule has 0 aliphatic carbocycles. The molecule has 0 spiro atoms. The minimum atomic E-state index is -0.320. The van der Waals surface area contributed by atoms with Crippen LogP contribution in [0.4, 0.5) is 21.5 Å². The van der Waals surface area contributed by atoms with Gasteiger partial charge in [-0.3, -0.25) is 5.01 Å². The molecule has 3 aromatic carbocycles. The number of para-hydroxylation sites is 1. The Morgan fingerprint density at radius 2 is 1.69 bits per heavy atom. The maximum absolute atomic E-state index is 15.5. The number of rotatable bonds is 9. The summed E-state index contributed by atoms with van der Waals surface area (Å²) in [5.74, 6) is -0.320. The topological polar surface area (TPSA) is 39.7 Å². The molecule has 3 rings (SSSR count). The second-order valence-electron chi connectivity index (χ2n) is 6.35. The van der Waals surface area contributed by atoms with Crippen LogP contribution in [0.1, 0.15) is 6.92 Å². The van der Waals surface area contributed by atoms with Gasteiger partial charge in [-0.15, -0.1) is 0 Å². The van der Waals surface area contributed by atoms with E-state index in [1.165, 1.54) is 0 Å². The summed E-state index contributed by atoms with van der Waals surface area (Å²) in [4.78, 5) is 0. The molecular formula is C24H25FN4. The lowest BCUT2D eigenvalue weighted by atomic mass is 10.0. The van der Waals surface area contributed by atoms with Gasteiger partial charge in [-0.1, -0.05) is 61.2 Å². The van der Waals surface area contributed by atoms with Crippen LogP contribution in [0.25, 0.3) is 11.1 Å². The lowest BCUT2D eigenvalue weighted by Crippen LogP contribution is -2.20. The van der Waals surface area contributed by atoms with Gasteiger partial charge in [0.25, 0.3) is 0 Å². The fourth-order valence-electron chi connectivity index (χ4n) is 3.02. The highest BCUT2D eigenvalue weighted by Crippen LogP contribution is 2.35. The van der Waals surface area contributed by atoms with Crippen LogP contribution in [0.15, 0.2) is 90.7 Å². The molecule has 3 aromatic rings. The van der Waals surface area contributed by atoms with E-state index in [-0.39, 0.29) is 5.82 Å². The number of hydrogen-bond acceptors (Lipinski definition) is 4. The van der Waals surface area contributed by atoms with Gasteiger partial charge >= 0.3 is 0 Å². The zero-order chi connectivity index (χ0) is 20.5. The Bertz CT molecular complexity index is 955. The van der Waals surface area contributed by atoms with Crippen LogP contribution in [0, 0.1) is 5.82 Å². The molecule has 0 amide bonds. The van der Waals surface area contributed by atoms with Gasteiger partial charge in [0.05, 0.1) is 17.9 Å². The predicted octanol–water partition coefficient (Wildman–Crippen LogP) is 6.10. The van der Waals surface area contributed by atoms with Crippen LogP contribution < -0.4 is 10.6 Å². The largest absolute Gasteiger partial charge is 0.380 e. The number of benzene rings is 3. The van der Waals surface area contributed by atoms with E-state index in [1.54, 1.807) is 23.5 Å². The molecule has 0 aliphatic rings. The Morgan fingerprint density at radius 3 is 2.34 bits per heavy atom. The van der Waals surface area contributed by atoms with Gasteiger partial charge in [0.1, 0.15) is 0 Å². The van der Waals surface area contributed by atoms with Gasteiger partial charge in [-0.25, -0.2) is 4.39 Å². The Kier molecular flexibility index (Phi) is 7.00. The van der Waals surface area contributed by atoms with Gasteiger partial charge in [0.2, 0.25) is 0 Å².